The quantitative estimate of drug-likeness (QED) is 0.551. The molecule has 1 aliphatic rings. The van der Waals surface area contributed by atoms with Gasteiger partial charge >= 0.3 is 12.0 Å². The number of hydrogen-bond acceptors (Lipinski definition) is 4. The molecule has 0 aromatic heterocycles. The molecule has 0 radical (unpaired) electrons. The van der Waals surface area contributed by atoms with Gasteiger partial charge in [-0.05, 0) is 52.1 Å². The Morgan fingerprint density at radius 1 is 1.00 bits per heavy atom. The lowest BCUT2D eigenvalue weighted by molar-refractivity contribution is -0.138. The smallest absolute Gasteiger partial charge is 0.338 e. The maximum atomic E-state index is 13.2. The Bertz CT molecular complexity index is 1050. The minimum absolute atomic E-state index is 0.209. The molecular weight excluding hydrogens is 416 g/mol. The van der Waals surface area contributed by atoms with Gasteiger partial charge in [-0.2, -0.15) is 0 Å². The highest BCUT2D eigenvalue weighted by atomic mass is 16.5. The third kappa shape index (κ3) is 5.05. The van der Waals surface area contributed by atoms with Gasteiger partial charge in [-0.15, -0.1) is 0 Å². The minimum atomic E-state index is -0.740. The van der Waals surface area contributed by atoms with Gasteiger partial charge in [-0.1, -0.05) is 71.9 Å². The fourth-order valence-electron chi connectivity index (χ4n) is 4.04. The largest absolute Gasteiger partial charge is 0.507 e. The monoisotopic (exact) mass is 450 g/mol. The Hall–Kier alpha value is -3.28. The van der Waals surface area contributed by atoms with E-state index in [2.05, 4.69) is 10.6 Å². The maximum Gasteiger partial charge on any atom is 0.338 e. The summed E-state index contributed by atoms with van der Waals surface area (Å²) in [4.78, 5) is 25.9. The second kappa shape index (κ2) is 8.93. The predicted molar refractivity (Wildman–Crippen MR) is 130 cm³/mol. The first-order valence-corrected chi connectivity index (χ1v) is 11.3. The van der Waals surface area contributed by atoms with E-state index < -0.39 is 18.0 Å². The van der Waals surface area contributed by atoms with E-state index in [0.717, 1.165) is 11.1 Å². The van der Waals surface area contributed by atoms with Gasteiger partial charge in [-0.3, -0.25) is 0 Å². The van der Waals surface area contributed by atoms with Crippen LogP contribution in [-0.4, -0.2) is 23.7 Å². The van der Waals surface area contributed by atoms with Crippen LogP contribution in [0.15, 0.2) is 48.0 Å². The average Bonchev–Trinajstić information content (AvgIpc) is 2.72. The number of hydrogen-bond donors (Lipinski definition) is 3. The lowest BCUT2D eigenvalue weighted by atomic mass is 9.77. The van der Waals surface area contributed by atoms with Crippen LogP contribution in [0.2, 0.25) is 0 Å². The van der Waals surface area contributed by atoms with Gasteiger partial charge in [0.25, 0.3) is 0 Å². The van der Waals surface area contributed by atoms with Gasteiger partial charge in [0.1, 0.15) is 5.75 Å². The second-order valence-electron chi connectivity index (χ2n) is 10.4. The number of nitrogens with one attached hydrogen (secondary N) is 2. The first kappa shape index (κ1) is 24.4. The minimum Gasteiger partial charge on any atom is -0.507 e. The van der Waals surface area contributed by atoms with Crippen molar-refractivity contribution in [1.29, 1.82) is 0 Å². The van der Waals surface area contributed by atoms with Crippen molar-refractivity contribution in [2.24, 2.45) is 0 Å². The molecule has 6 nitrogen and oxygen atoms in total. The van der Waals surface area contributed by atoms with Crippen molar-refractivity contribution in [2.45, 2.75) is 65.3 Å². The number of amides is 2. The summed E-state index contributed by atoms with van der Waals surface area (Å²) >= 11 is 0. The second-order valence-corrected chi connectivity index (χ2v) is 10.4. The lowest BCUT2D eigenvalue weighted by Crippen LogP contribution is -2.45. The van der Waals surface area contributed by atoms with Gasteiger partial charge in [0.15, 0.2) is 0 Å². The third-order valence-electron chi connectivity index (χ3n) is 5.71. The molecule has 2 aromatic rings. The zero-order valence-electron chi connectivity index (χ0n) is 20.5. The van der Waals surface area contributed by atoms with Gasteiger partial charge in [0.2, 0.25) is 0 Å². The van der Waals surface area contributed by atoms with Gasteiger partial charge in [0, 0.05) is 0 Å². The van der Waals surface area contributed by atoms with Gasteiger partial charge in [-0.25, -0.2) is 9.59 Å². The van der Waals surface area contributed by atoms with Crippen LogP contribution in [0.1, 0.15) is 76.8 Å². The SMILES string of the molecule is CCOC(=O)C1=C(c2ccccc2)NC(=O)NC1c1cc(C(C)(C)C)c(O)c(C(C)(C)C)c1. The van der Waals surface area contributed by atoms with Crippen LogP contribution in [-0.2, 0) is 20.4 Å². The number of aromatic hydroxyl groups is 1. The molecule has 1 atom stereocenters. The molecule has 0 saturated carbocycles. The van der Waals surface area contributed by atoms with E-state index in [1.807, 2.05) is 84.0 Å². The zero-order chi connectivity index (χ0) is 24.6. The van der Waals surface area contributed by atoms with Crippen LogP contribution in [0.25, 0.3) is 5.70 Å². The number of rotatable bonds is 4. The molecule has 3 rings (SSSR count). The Balaban J connectivity index is 2.33. The van der Waals surface area contributed by atoms with E-state index in [1.54, 1.807) is 6.92 Å². The molecule has 6 heteroatoms. The average molecular weight is 451 g/mol. The first-order valence-electron chi connectivity index (χ1n) is 11.3. The maximum absolute atomic E-state index is 13.2. The molecular formula is C27H34N2O4. The molecule has 0 aliphatic carbocycles. The Kier molecular flexibility index (Phi) is 6.59. The molecule has 0 fully saturated rings. The number of urea groups is 1. The number of benzene rings is 2. The van der Waals surface area contributed by atoms with Crippen molar-refractivity contribution in [3.63, 3.8) is 0 Å². The fraction of sp³-hybridized carbons (Fsp3) is 0.407. The summed E-state index contributed by atoms with van der Waals surface area (Å²) < 4.78 is 5.40. The van der Waals surface area contributed by atoms with E-state index in [9.17, 15) is 14.7 Å². The van der Waals surface area contributed by atoms with Crippen molar-refractivity contribution in [3.8, 4) is 5.75 Å². The number of esters is 1. The summed E-state index contributed by atoms with van der Waals surface area (Å²) in [5.41, 5.74) is 2.98. The van der Waals surface area contributed by atoms with Gasteiger partial charge in [0.05, 0.1) is 23.9 Å². The Labute approximate surface area is 196 Å². The van der Waals surface area contributed by atoms with E-state index in [0.29, 0.717) is 22.4 Å². The van der Waals surface area contributed by atoms with E-state index in [-0.39, 0.29) is 23.2 Å². The van der Waals surface area contributed by atoms with Gasteiger partial charge < -0.3 is 20.5 Å². The number of phenolic OH excluding ortho intramolecular Hbond substituents is 1. The summed E-state index contributed by atoms with van der Waals surface area (Å²) in [5, 5.41) is 16.8. The molecule has 176 valence electrons. The molecule has 2 aromatic carbocycles. The van der Waals surface area contributed by atoms with Crippen molar-refractivity contribution in [3.05, 3.63) is 70.3 Å². The van der Waals surface area contributed by atoms with E-state index in [4.69, 9.17) is 4.74 Å². The van der Waals surface area contributed by atoms with Crippen LogP contribution in [0.3, 0.4) is 0 Å². The summed E-state index contributed by atoms with van der Waals surface area (Å²) in [6.45, 7) is 14.1. The molecule has 3 N–H and O–H groups in total. The van der Waals surface area contributed by atoms with Crippen LogP contribution in [0, 0.1) is 0 Å². The summed E-state index contributed by atoms with van der Waals surface area (Å²) in [6, 6.07) is 11.9. The standard InChI is InChI=1S/C27H34N2O4/c1-8-33-24(31)20-21(16-12-10-9-11-13-16)28-25(32)29-22(20)17-14-18(26(2,3)4)23(30)19(15-17)27(5,6)7/h9-15,22,30H,8H2,1-7H3,(H2,28,29,32). The summed E-state index contributed by atoms with van der Waals surface area (Å²) in [7, 11) is 0. The normalized spacial score (nSPS) is 16.8. The van der Waals surface area contributed by atoms with E-state index >= 15 is 0 Å². The summed E-state index contributed by atoms with van der Waals surface area (Å²) in [6.07, 6.45) is 0. The Morgan fingerprint density at radius 3 is 2.03 bits per heavy atom. The molecule has 33 heavy (non-hydrogen) atoms. The number of carbonyl (C=O) groups excluding carboxylic acids is 2. The molecule has 1 unspecified atom stereocenters. The number of ether oxygens (including phenoxy) is 1. The van der Waals surface area contributed by atoms with Crippen LogP contribution in [0.5, 0.6) is 5.75 Å². The highest BCUT2D eigenvalue weighted by Gasteiger charge is 2.36. The Morgan fingerprint density at radius 2 is 1.55 bits per heavy atom. The topological polar surface area (TPSA) is 87.7 Å². The summed E-state index contributed by atoms with van der Waals surface area (Å²) in [5.74, 6) is -0.263. The number of phenols is 1. The van der Waals surface area contributed by atoms with E-state index in [1.165, 1.54) is 0 Å². The predicted octanol–water partition coefficient (Wildman–Crippen LogP) is 5.32. The molecule has 0 saturated heterocycles. The van der Waals surface area contributed by atoms with Crippen LogP contribution < -0.4 is 10.6 Å². The molecule has 1 aliphatic heterocycles. The van der Waals surface area contributed by atoms with Crippen molar-refractivity contribution < 1.29 is 19.4 Å². The fourth-order valence-corrected chi connectivity index (χ4v) is 4.04. The number of carbonyl (C=O) groups is 2. The highest BCUT2D eigenvalue weighted by molar-refractivity contribution is 6.04. The third-order valence-corrected chi connectivity index (χ3v) is 5.71. The molecule has 0 bridgehead atoms. The van der Waals surface area contributed by atoms with Crippen molar-refractivity contribution in [2.75, 3.05) is 6.61 Å². The highest BCUT2D eigenvalue weighted by Crippen LogP contribution is 2.42. The van der Waals surface area contributed by atoms with Crippen molar-refractivity contribution >= 4 is 17.7 Å². The molecule has 1 heterocycles. The van der Waals surface area contributed by atoms with Crippen LogP contribution >= 0.6 is 0 Å². The molecule has 2 amide bonds. The van der Waals surface area contributed by atoms with Crippen LogP contribution in [0.4, 0.5) is 4.79 Å². The zero-order valence-corrected chi connectivity index (χ0v) is 20.5. The molecule has 0 spiro atoms. The lowest BCUT2D eigenvalue weighted by Gasteiger charge is -2.33. The first-order chi connectivity index (χ1) is 15.3. The van der Waals surface area contributed by atoms with Crippen molar-refractivity contribution in [1.82, 2.24) is 10.6 Å².